The highest BCUT2D eigenvalue weighted by molar-refractivity contribution is 7.89. The summed E-state index contributed by atoms with van der Waals surface area (Å²) in [7, 11) is -2.59. The van der Waals surface area contributed by atoms with Crippen LogP contribution in [0.1, 0.15) is 16.2 Å². The number of rotatable bonds is 5. The average molecular weight is 314 g/mol. The summed E-state index contributed by atoms with van der Waals surface area (Å²) in [5.41, 5.74) is -0.324. The van der Waals surface area contributed by atoms with Crippen LogP contribution in [-0.4, -0.2) is 34.3 Å². The van der Waals surface area contributed by atoms with Crippen molar-refractivity contribution in [3.63, 3.8) is 0 Å². The van der Waals surface area contributed by atoms with Crippen LogP contribution in [0.2, 0.25) is 0 Å². The molecule has 21 heavy (non-hydrogen) atoms. The lowest BCUT2D eigenvalue weighted by Gasteiger charge is -2.08. The zero-order valence-electron chi connectivity index (χ0n) is 10.8. The van der Waals surface area contributed by atoms with Crippen LogP contribution in [0.5, 0.6) is 0 Å². The number of nitrogens with one attached hydrogen (secondary N) is 1. The van der Waals surface area contributed by atoms with Gasteiger partial charge in [-0.05, 0) is 18.2 Å². The minimum atomic E-state index is -4.21. The average Bonchev–Trinajstić information content (AvgIpc) is 2.82. The highest BCUT2D eigenvalue weighted by atomic mass is 32.2. The summed E-state index contributed by atoms with van der Waals surface area (Å²) in [6, 6.07) is 2.54. The van der Waals surface area contributed by atoms with Crippen molar-refractivity contribution in [2.45, 2.75) is 11.4 Å². The maximum absolute atomic E-state index is 13.6. The summed E-state index contributed by atoms with van der Waals surface area (Å²) >= 11 is 0. The predicted molar refractivity (Wildman–Crippen MR) is 68.4 cm³/mol. The van der Waals surface area contributed by atoms with E-state index in [0.717, 1.165) is 18.2 Å². The number of aromatic carboxylic acids is 1. The molecule has 0 spiro atoms. The number of aromatic nitrogens is 3. The SMILES string of the molecule is Cn1cnnc1CNS(=O)(=O)c1cc(C(=O)O)ccc1F. The Bertz CT molecular complexity index is 787. The van der Waals surface area contributed by atoms with Crippen molar-refractivity contribution in [3.05, 3.63) is 41.7 Å². The first-order chi connectivity index (χ1) is 9.81. The predicted octanol–water partition coefficient (Wildman–Crippen LogP) is 0.131. The molecule has 0 radical (unpaired) electrons. The monoisotopic (exact) mass is 314 g/mol. The van der Waals surface area contributed by atoms with Crippen LogP contribution >= 0.6 is 0 Å². The van der Waals surface area contributed by atoms with Gasteiger partial charge in [-0.1, -0.05) is 0 Å². The molecule has 0 saturated heterocycles. The number of aryl methyl sites for hydroxylation is 1. The van der Waals surface area contributed by atoms with E-state index < -0.39 is 26.7 Å². The summed E-state index contributed by atoms with van der Waals surface area (Å²) < 4.78 is 41.3. The van der Waals surface area contributed by atoms with E-state index in [-0.39, 0.29) is 12.1 Å². The van der Waals surface area contributed by atoms with Gasteiger partial charge in [0.25, 0.3) is 0 Å². The number of hydrogen-bond donors (Lipinski definition) is 2. The number of hydrogen-bond acceptors (Lipinski definition) is 5. The van der Waals surface area contributed by atoms with Crippen molar-refractivity contribution in [2.24, 2.45) is 7.05 Å². The van der Waals surface area contributed by atoms with Crippen LogP contribution in [0, 0.1) is 5.82 Å². The van der Waals surface area contributed by atoms with E-state index in [1.165, 1.54) is 10.9 Å². The minimum absolute atomic E-state index is 0.199. The quantitative estimate of drug-likeness (QED) is 0.811. The molecule has 0 aliphatic carbocycles. The third-order valence-electron chi connectivity index (χ3n) is 2.69. The standard InChI is InChI=1S/C11H11FN4O4S/c1-16-6-13-15-10(16)5-14-21(19,20)9-4-7(11(17)18)2-3-8(9)12/h2-4,6,14H,5H2,1H3,(H,17,18). The van der Waals surface area contributed by atoms with E-state index in [1.54, 1.807) is 7.05 Å². The Labute approximate surface area is 119 Å². The Kier molecular flexibility index (Phi) is 4.00. The van der Waals surface area contributed by atoms with Crippen molar-refractivity contribution in [3.8, 4) is 0 Å². The van der Waals surface area contributed by atoms with Crippen molar-refractivity contribution in [1.82, 2.24) is 19.5 Å². The lowest BCUT2D eigenvalue weighted by Crippen LogP contribution is -2.26. The molecule has 112 valence electrons. The molecule has 2 aromatic rings. The van der Waals surface area contributed by atoms with Crippen molar-refractivity contribution in [1.29, 1.82) is 0 Å². The van der Waals surface area contributed by atoms with Gasteiger partial charge >= 0.3 is 5.97 Å². The van der Waals surface area contributed by atoms with Crippen LogP contribution in [0.15, 0.2) is 29.4 Å². The van der Waals surface area contributed by atoms with E-state index in [0.29, 0.717) is 5.82 Å². The molecule has 0 atom stereocenters. The summed E-state index contributed by atoms with van der Waals surface area (Å²) in [6.45, 7) is -0.199. The maximum Gasteiger partial charge on any atom is 0.335 e. The van der Waals surface area contributed by atoms with Gasteiger partial charge in [-0.3, -0.25) is 0 Å². The largest absolute Gasteiger partial charge is 0.478 e. The van der Waals surface area contributed by atoms with Gasteiger partial charge in [0.1, 0.15) is 22.9 Å². The second-order valence-electron chi connectivity index (χ2n) is 4.13. The van der Waals surface area contributed by atoms with Crippen molar-refractivity contribution in [2.75, 3.05) is 0 Å². The molecule has 0 saturated carbocycles. The molecule has 0 amide bonds. The summed E-state index contributed by atoms with van der Waals surface area (Å²) in [5, 5.41) is 16.1. The van der Waals surface area contributed by atoms with E-state index in [4.69, 9.17) is 5.11 Å². The molecular weight excluding hydrogens is 303 g/mol. The van der Waals surface area contributed by atoms with Gasteiger partial charge in [0, 0.05) is 7.05 Å². The molecule has 8 nitrogen and oxygen atoms in total. The summed E-state index contributed by atoms with van der Waals surface area (Å²) in [4.78, 5) is 10.1. The van der Waals surface area contributed by atoms with Gasteiger partial charge in [0.15, 0.2) is 0 Å². The lowest BCUT2D eigenvalue weighted by atomic mass is 10.2. The molecule has 0 unspecified atom stereocenters. The second kappa shape index (κ2) is 5.58. The fraction of sp³-hybridized carbons (Fsp3) is 0.182. The Balaban J connectivity index is 2.29. The third-order valence-corrected chi connectivity index (χ3v) is 4.11. The number of carbonyl (C=O) groups is 1. The van der Waals surface area contributed by atoms with Gasteiger partial charge in [-0.25, -0.2) is 22.3 Å². The molecular formula is C11H11FN4O4S. The summed E-state index contributed by atoms with van der Waals surface area (Å²) in [6.07, 6.45) is 1.38. The van der Waals surface area contributed by atoms with Gasteiger partial charge in [-0.15, -0.1) is 10.2 Å². The van der Waals surface area contributed by atoms with Gasteiger partial charge < -0.3 is 9.67 Å². The van der Waals surface area contributed by atoms with E-state index in [2.05, 4.69) is 14.9 Å². The first kappa shape index (κ1) is 15.1. The number of halogens is 1. The van der Waals surface area contributed by atoms with E-state index in [1.807, 2.05) is 0 Å². The molecule has 1 aromatic heterocycles. The Hall–Kier alpha value is -2.33. The molecule has 2 rings (SSSR count). The first-order valence-electron chi connectivity index (χ1n) is 5.66. The molecule has 0 fully saturated rings. The number of benzene rings is 1. The molecule has 1 aromatic carbocycles. The fourth-order valence-corrected chi connectivity index (χ4v) is 2.63. The van der Waals surface area contributed by atoms with Crippen LogP contribution in [0.25, 0.3) is 0 Å². The number of nitrogens with zero attached hydrogens (tertiary/aromatic N) is 3. The van der Waals surface area contributed by atoms with Gasteiger partial charge in [0.2, 0.25) is 10.0 Å². The Morgan fingerprint density at radius 2 is 2.19 bits per heavy atom. The van der Waals surface area contributed by atoms with Crippen molar-refractivity contribution < 1.29 is 22.7 Å². The molecule has 1 heterocycles. The Morgan fingerprint density at radius 1 is 1.48 bits per heavy atom. The highest BCUT2D eigenvalue weighted by Gasteiger charge is 2.21. The number of sulfonamides is 1. The molecule has 10 heteroatoms. The van der Waals surface area contributed by atoms with Gasteiger partial charge in [-0.2, -0.15) is 0 Å². The van der Waals surface area contributed by atoms with Crippen LogP contribution in [0.3, 0.4) is 0 Å². The zero-order chi connectivity index (χ0) is 15.6. The first-order valence-corrected chi connectivity index (χ1v) is 7.15. The van der Waals surface area contributed by atoms with Crippen molar-refractivity contribution >= 4 is 16.0 Å². The third kappa shape index (κ3) is 3.23. The second-order valence-corrected chi connectivity index (χ2v) is 5.87. The zero-order valence-corrected chi connectivity index (χ0v) is 11.6. The van der Waals surface area contributed by atoms with E-state index in [9.17, 15) is 17.6 Å². The summed E-state index contributed by atoms with van der Waals surface area (Å²) in [5.74, 6) is -2.06. The van der Waals surface area contributed by atoms with Crippen LogP contribution < -0.4 is 4.72 Å². The molecule has 2 N–H and O–H groups in total. The van der Waals surface area contributed by atoms with Crippen LogP contribution in [0.4, 0.5) is 4.39 Å². The fourth-order valence-electron chi connectivity index (χ4n) is 1.55. The van der Waals surface area contributed by atoms with Gasteiger partial charge in [0.05, 0.1) is 12.1 Å². The van der Waals surface area contributed by atoms with Crippen LogP contribution in [-0.2, 0) is 23.6 Å². The number of carboxylic acid groups (broad SMARTS) is 1. The normalized spacial score (nSPS) is 11.5. The number of carboxylic acids is 1. The highest BCUT2D eigenvalue weighted by Crippen LogP contribution is 2.16. The maximum atomic E-state index is 13.6. The topological polar surface area (TPSA) is 114 Å². The lowest BCUT2D eigenvalue weighted by molar-refractivity contribution is 0.0696. The Morgan fingerprint density at radius 3 is 2.76 bits per heavy atom. The smallest absolute Gasteiger partial charge is 0.335 e. The van der Waals surface area contributed by atoms with E-state index >= 15 is 0 Å². The molecule has 0 aliphatic rings. The molecule has 0 aliphatic heterocycles. The molecule has 0 bridgehead atoms. The minimum Gasteiger partial charge on any atom is -0.478 e.